The number of morpholine rings is 1. The van der Waals surface area contributed by atoms with E-state index in [0.29, 0.717) is 5.96 Å². The predicted molar refractivity (Wildman–Crippen MR) is 102 cm³/mol. The van der Waals surface area contributed by atoms with Crippen molar-refractivity contribution in [1.82, 2.24) is 10.2 Å². The van der Waals surface area contributed by atoms with Gasteiger partial charge in [0, 0.05) is 25.4 Å². The maximum atomic E-state index is 5.97. The number of nitrogens with one attached hydrogen (secondary N) is 1. The summed E-state index contributed by atoms with van der Waals surface area (Å²) in [5.41, 5.74) is 6.17. The van der Waals surface area contributed by atoms with E-state index in [2.05, 4.69) is 22.1 Å². The number of rotatable bonds is 6. The minimum Gasteiger partial charge on any atom is -0.379 e. The molecular formula is C14H29IN4OS. The van der Waals surface area contributed by atoms with Gasteiger partial charge in [-0.2, -0.15) is 11.8 Å². The van der Waals surface area contributed by atoms with E-state index in [9.17, 15) is 0 Å². The average Bonchev–Trinajstić information content (AvgIpc) is 2.97. The number of thioether (sulfide) groups is 1. The van der Waals surface area contributed by atoms with Crippen molar-refractivity contribution in [2.24, 2.45) is 10.7 Å². The monoisotopic (exact) mass is 428 g/mol. The third-order valence-electron chi connectivity index (χ3n) is 4.14. The molecule has 0 amide bonds. The third-order valence-corrected chi connectivity index (χ3v) is 5.38. The Kier molecular flexibility index (Phi) is 9.31. The van der Waals surface area contributed by atoms with Gasteiger partial charge in [-0.1, -0.05) is 13.3 Å². The highest BCUT2D eigenvalue weighted by Crippen LogP contribution is 2.34. The van der Waals surface area contributed by atoms with E-state index in [4.69, 9.17) is 10.5 Å². The number of ether oxygens (including phenoxy) is 1. The Morgan fingerprint density at radius 3 is 2.81 bits per heavy atom. The Hall–Kier alpha value is 0.270. The highest BCUT2D eigenvalue weighted by Gasteiger charge is 2.40. The Morgan fingerprint density at radius 1 is 1.43 bits per heavy atom. The number of guanidine groups is 1. The molecule has 2 aliphatic heterocycles. The van der Waals surface area contributed by atoms with Crippen LogP contribution in [-0.4, -0.2) is 67.3 Å². The number of aliphatic imine (C=N–C) groups is 1. The fourth-order valence-electron chi connectivity index (χ4n) is 2.79. The highest BCUT2D eigenvalue weighted by atomic mass is 127. The van der Waals surface area contributed by atoms with E-state index < -0.39 is 0 Å². The van der Waals surface area contributed by atoms with Gasteiger partial charge in [-0.15, -0.1) is 24.0 Å². The zero-order valence-corrected chi connectivity index (χ0v) is 16.1. The van der Waals surface area contributed by atoms with E-state index in [1.165, 1.54) is 24.3 Å². The Morgan fingerprint density at radius 2 is 2.19 bits per heavy atom. The quantitative estimate of drug-likeness (QED) is 0.291. The van der Waals surface area contributed by atoms with Crippen molar-refractivity contribution in [3.63, 3.8) is 0 Å². The Bertz CT molecular complexity index is 318. The van der Waals surface area contributed by atoms with Crippen molar-refractivity contribution in [3.05, 3.63) is 0 Å². The van der Waals surface area contributed by atoms with Crippen molar-refractivity contribution in [2.75, 3.05) is 50.9 Å². The van der Waals surface area contributed by atoms with Crippen LogP contribution in [0.2, 0.25) is 0 Å². The molecule has 7 heteroatoms. The summed E-state index contributed by atoms with van der Waals surface area (Å²) in [5.74, 6) is 3.00. The zero-order valence-electron chi connectivity index (χ0n) is 13.0. The van der Waals surface area contributed by atoms with Crippen LogP contribution in [0.15, 0.2) is 4.99 Å². The van der Waals surface area contributed by atoms with E-state index in [1.54, 1.807) is 0 Å². The van der Waals surface area contributed by atoms with Crippen molar-refractivity contribution >= 4 is 41.7 Å². The van der Waals surface area contributed by atoms with Gasteiger partial charge < -0.3 is 15.8 Å². The van der Waals surface area contributed by atoms with Crippen molar-refractivity contribution in [1.29, 1.82) is 0 Å². The second kappa shape index (κ2) is 10.1. The number of halogens is 1. The van der Waals surface area contributed by atoms with E-state index in [0.717, 1.165) is 45.8 Å². The minimum atomic E-state index is 0. The molecule has 0 saturated carbocycles. The van der Waals surface area contributed by atoms with Gasteiger partial charge in [-0.3, -0.25) is 9.89 Å². The topological polar surface area (TPSA) is 62.9 Å². The lowest BCUT2D eigenvalue weighted by atomic mass is 9.96. The summed E-state index contributed by atoms with van der Waals surface area (Å²) in [6.45, 7) is 7.66. The van der Waals surface area contributed by atoms with Crippen LogP contribution < -0.4 is 11.1 Å². The summed E-state index contributed by atoms with van der Waals surface area (Å²) in [4.78, 5) is 7.18. The molecule has 124 valence electrons. The van der Waals surface area contributed by atoms with Gasteiger partial charge in [0.25, 0.3) is 0 Å². The van der Waals surface area contributed by atoms with E-state index in [1.807, 2.05) is 11.8 Å². The van der Waals surface area contributed by atoms with Gasteiger partial charge in [0.2, 0.25) is 0 Å². The molecule has 2 rings (SSSR count). The molecule has 1 unspecified atom stereocenters. The molecule has 0 bridgehead atoms. The molecule has 3 N–H and O–H groups in total. The predicted octanol–water partition coefficient (Wildman–Crippen LogP) is 1.52. The van der Waals surface area contributed by atoms with Crippen LogP contribution in [0, 0.1) is 0 Å². The van der Waals surface area contributed by atoms with Crippen LogP contribution >= 0.6 is 35.7 Å². The van der Waals surface area contributed by atoms with E-state index >= 15 is 0 Å². The molecule has 2 aliphatic rings. The number of hydrogen-bond donors (Lipinski definition) is 2. The summed E-state index contributed by atoms with van der Waals surface area (Å²) >= 11 is 2.03. The smallest absolute Gasteiger partial charge is 0.188 e. The summed E-state index contributed by atoms with van der Waals surface area (Å²) in [6.07, 6.45) is 3.53. The number of hydrogen-bond acceptors (Lipinski definition) is 4. The molecule has 21 heavy (non-hydrogen) atoms. The van der Waals surface area contributed by atoms with Crippen LogP contribution in [-0.2, 0) is 4.74 Å². The molecule has 0 aromatic carbocycles. The van der Waals surface area contributed by atoms with Gasteiger partial charge in [-0.05, 0) is 18.6 Å². The number of nitrogens with zero attached hydrogens (tertiary/aromatic N) is 2. The fourth-order valence-corrected chi connectivity index (χ4v) is 4.26. The van der Waals surface area contributed by atoms with Gasteiger partial charge in [0.05, 0.1) is 25.3 Å². The Balaban J connectivity index is 0.00000220. The number of unbranched alkanes of at least 4 members (excludes halogenated alkanes) is 1. The summed E-state index contributed by atoms with van der Waals surface area (Å²) in [5, 5.41) is 3.21. The van der Waals surface area contributed by atoms with Gasteiger partial charge in [0.1, 0.15) is 0 Å². The second-order valence-corrected chi connectivity index (χ2v) is 6.71. The lowest BCUT2D eigenvalue weighted by Crippen LogP contribution is -2.56. The van der Waals surface area contributed by atoms with Crippen LogP contribution in [0.5, 0.6) is 0 Å². The molecule has 0 spiro atoms. The molecule has 5 nitrogen and oxygen atoms in total. The number of nitrogens with two attached hydrogens (primary N) is 1. The SMILES string of the molecule is CCCCNC(N)=NCC1(N2CCOCC2)CCSC1.I. The molecule has 0 radical (unpaired) electrons. The van der Waals surface area contributed by atoms with Crippen LogP contribution in [0.1, 0.15) is 26.2 Å². The first-order valence-corrected chi connectivity index (χ1v) is 8.87. The first-order chi connectivity index (χ1) is 9.77. The van der Waals surface area contributed by atoms with Crippen molar-refractivity contribution < 1.29 is 4.74 Å². The molecular weight excluding hydrogens is 399 g/mol. The molecule has 0 aromatic rings. The summed E-state index contributed by atoms with van der Waals surface area (Å²) in [6, 6.07) is 0. The molecule has 2 saturated heterocycles. The normalized spacial score (nSPS) is 27.4. The maximum absolute atomic E-state index is 5.97. The molecule has 0 aliphatic carbocycles. The molecule has 0 aromatic heterocycles. The van der Waals surface area contributed by atoms with E-state index in [-0.39, 0.29) is 29.5 Å². The van der Waals surface area contributed by atoms with Gasteiger partial charge in [-0.25, -0.2) is 0 Å². The highest BCUT2D eigenvalue weighted by molar-refractivity contribution is 14.0. The Labute approximate surface area is 149 Å². The lowest BCUT2D eigenvalue weighted by molar-refractivity contribution is -0.0104. The maximum Gasteiger partial charge on any atom is 0.188 e. The largest absolute Gasteiger partial charge is 0.379 e. The first-order valence-electron chi connectivity index (χ1n) is 7.71. The lowest BCUT2D eigenvalue weighted by Gasteiger charge is -2.42. The van der Waals surface area contributed by atoms with Crippen molar-refractivity contribution in [3.8, 4) is 0 Å². The second-order valence-electron chi connectivity index (χ2n) is 5.61. The third kappa shape index (κ3) is 5.76. The molecule has 1 atom stereocenters. The van der Waals surface area contributed by atoms with Crippen LogP contribution in [0.3, 0.4) is 0 Å². The van der Waals surface area contributed by atoms with Crippen LogP contribution in [0.4, 0.5) is 0 Å². The van der Waals surface area contributed by atoms with Gasteiger partial charge >= 0.3 is 0 Å². The zero-order chi connectivity index (χ0) is 14.3. The fraction of sp³-hybridized carbons (Fsp3) is 0.929. The van der Waals surface area contributed by atoms with Crippen LogP contribution in [0.25, 0.3) is 0 Å². The summed E-state index contributed by atoms with van der Waals surface area (Å²) < 4.78 is 5.47. The molecule has 2 fully saturated rings. The van der Waals surface area contributed by atoms with Crippen molar-refractivity contribution in [2.45, 2.75) is 31.7 Å². The standard InChI is InChI=1S/C14H28N4OS.HI/c1-2-3-5-16-13(15)17-11-14(4-10-20-12-14)18-6-8-19-9-7-18;/h2-12H2,1H3,(H3,15,16,17);1H. The minimum absolute atomic E-state index is 0. The van der Waals surface area contributed by atoms with Gasteiger partial charge in [0.15, 0.2) is 5.96 Å². The summed E-state index contributed by atoms with van der Waals surface area (Å²) in [7, 11) is 0. The first kappa shape index (κ1) is 19.3. The molecule has 2 heterocycles. The average molecular weight is 428 g/mol.